The maximum Gasteiger partial charge on any atom is 0.345 e. The summed E-state index contributed by atoms with van der Waals surface area (Å²) in [4.78, 5) is 12.4. The van der Waals surface area contributed by atoms with Gasteiger partial charge in [-0.15, -0.1) is 11.3 Å². The van der Waals surface area contributed by atoms with Crippen LogP contribution in [0.25, 0.3) is 0 Å². The van der Waals surface area contributed by atoms with E-state index in [0.717, 1.165) is 29.2 Å². The van der Waals surface area contributed by atoms with E-state index in [-0.39, 0.29) is 0 Å². The van der Waals surface area contributed by atoms with Gasteiger partial charge in [-0.05, 0) is 49.2 Å². The zero-order valence-corrected chi connectivity index (χ0v) is 13.0. The molecule has 5 heteroatoms. The van der Waals surface area contributed by atoms with E-state index in [1.807, 2.05) is 19.1 Å². The molecule has 0 saturated heterocycles. The first-order valence-electron chi connectivity index (χ1n) is 6.76. The fourth-order valence-corrected chi connectivity index (χ4v) is 2.93. The van der Waals surface area contributed by atoms with Gasteiger partial charge in [0, 0.05) is 11.4 Å². The molecule has 0 amide bonds. The molecule has 0 bridgehead atoms. The third-order valence-electron chi connectivity index (χ3n) is 3.30. The second kappa shape index (κ2) is 7.24. The second-order valence-electron chi connectivity index (χ2n) is 4.77. The number of aryl methyl sites for hydroxylation is 1. The molecule has 0 aliphatic heterocycles. The Morgan fingerprint density at radius 2 is 2.05 bits per heavy atom. The lowest BCUT2D eigenvalue weighted by Crippen LogP contribution is -2.16. The quantitative estimate of drug-likeness (QED) is 0.772. The van der Waals surface area contributed by atoms with E-state index in [9.17, 15) is 4.79 Å². The highest BCUT2D eigenvalue weighted by molar-refractivity contribution is 7.14. The first kappa shape index (κ1) is 15.5. The fraction of sp³-hybridized carbons (Fsp3) is 0.312. The standard InChI is InChI=1S/C16H19NO3S/c1-11-13(9-15(21-11)16(18)19)10-17-8-7-12-3-5-14(20-2)6-4-12/h3-6,9,17H,7-8,10H2,1-2H3,(H,18,19). The van der Waals surface area contributed by atoms with Crippen LogP contribution >= 0.6 is 11.3 Å². The van der Waals surface area contributed by atoms with Crippen LogP contribution in [-0.4, -0.2) is 24.7 Å². The summed E-state index contributed by atoms with van der Waals surface area (Å²) < 4.78 is 5.13. The Kier molecular flexibility index (Phi) is 5.36. The Balaban J connectivity index is 1.80. The molecule has 1 aromatic heterocycles. The van der Waals surface area contributed by atoms with Crippen molar-refractivity contribution < 1.29 is 14.6 Å². The summed E-state index contributed by atoms with van der Waals surface area (Å²) >= 11 is 1.33. The van der Waals surface area contributed by atoms with Gasteiger partial charge >= 0.3 is 5.97 Å². The average molecular weight is 305 g/mol. The maximum absolute atomic E-state index is 10.9. The summed E-state index contributed by atoms with van der Waals surface area (Å²) in [5.41, 5.74) is 2.31. The Labute approximate surface area is 128 Å². The second-order valence-corrected chi connectivity index (χ2v) is 6.03. The molecule has 0 spiro atoms. The maximum atomic E-state index is 10.9. The number of hydrogen-bond acceptors (Lipinski definition) is 4. The Hall–Kier alpha value is -1.85. The van der Waals surface area contributed by atoms with Gasteiger partial charge in [0.1, 0.15) is 10.6 Å². The lowest BCUT2D eigenvalue weighted by atomic mass is 10.1. The predicted octanol–water partition coefficient (Wildman–Crippen LogP) is 3.10. The van der Waals surface area contributed by atoms with Crippen molar-refractivity contribution in [2.75, 3.05) is 13.7 Å². The largest absolute Gasteiger partial charge is 0.497 e. The van der Waals surface area contributed by atoms with E-state index < -0.39 is 5.97 Å². The minimum absolute atomic E-state index is 0.402. The average Bonchev–Trinajstić information content (AvgIpc) is 2.86. The van der Waals surface area contributed by atoms with Gasteiger partial charge in [-0.25, -0.2) is 4.79 Å². The number of carbonyl (C=O) groups is 1. The van der Waals surface area contributed by atoms with E-state index in [2.05, 4.69) is 17.4 Å². The van der Waals surface area contributed by atoms with Gasteiger partial charge in [-0.3, -0.25) is 0 Å². The Morgan fingerprint density at radius 1 is 1.33 bits per heavy atom. The van der Waals surface area contributed by atoms with Gasteiger partial charge < -0.3 is 15.2 Å². The molecular formula is C16H19NO3S. The number of benzene rings is 1. The van der Waals surface area contributed by atoms with Crippen molar-refractivity contribution in [3.8, 4) is 5.75 Å². The summed E-state index contributed by atoms with van der Waals surface area (Å²) in [6.45, 7) is 3.51. The van der Waals surface area contributed by atoms with Crippen LogP contribution in [0, 0.1) is 6.92 Å². The molecule has 0 aliphatic rings. The molecule has 21 heavy (non-hydrogen) atoms. The van der Waals surface area contributed by atoms with Crippen molar-refractivity contribution in [2.24, 2.45) is 0 Å². The molecule has 1 heterocycles. The number of carboxylic acids is 1. The predicted molar refractivity (Wildman–Crippen MR) is 84.4 cm³/mol. The number of carboxylic acid groups (broad SMARTS) is 1. The molecule has 4 nitrogen and oxygen atoms in total. The lowest BCUT2D eigenvalue weighted by Gasteiger charge is -2.05. The SMILES string of the molecule is COc1ccc(CCNCc2cc(C(=O)O)sc2C)cc1. The van der Waals surface area contributed by atoms with Crippen LogP contribution in [-0.2, 0) is 13.0 Å². The first-order valence-corrected chi connectivity index (χ1v) is 7.58. The summed E-state index contributed by atoms with van der Waals surface area (Å²) in [5, 5.41) is 12.3. The van der Waals surface area contributed by atoms with Crippen molar-refractivity contribution in [2.45, 2.75) is 19.9 Å². The van der Waals surface area contributed by atoms with E-state index >= 15 is 0 Å². The Morgan fingerprint density at radius 3 is 2.62 bits per heavy atom. The molecular weight excluding hydrogens is 286 g/mol. The number of rotatable bonds is 7. The minimum atomic E-state index is -0.854. The monoisotopic (exact) mass is 305 g/mol. The third kappa shape index (κ3) is 4.31. The molecule has 0 atom stereocenters. The summed E-state index contributed by atoms with van der Waals surface area (Å²) in [7, 11) is 1.66. The molecule has 2 aromatic rings. The molecule has 0 unspecified atom stereocenters. The highest BCUT2D eigenvalue weighted by Gasteiger charge is 2.10. The summed E-state index contributed by atoms with van der Waals surface area (Å²) in [5.74, 6) is 0.00869. The molecule has 2 N–H and O–H groups in total. The van der Waals surface area contributed by atoms with Crippen LogP contribution in [0.1, 0.15) is 25.7 Å². The zero-order chi connectivity index (χ0) is 15.2. The van der Waals surface area contributed by atoms with E-state index in [1.54, 1.807) is 13.2 Å². The zero-order valence-electron chi connectivity index (χ0n) is 12.2. The van der Waals surface area contributed by atoms with E-state index in [4.69, 9.17) is 9.84 Å². The van der Waals surface area contributed by atoms with Crippen LogP contribution in [0.4, 0.5) is 0 Å². The van der Waals surface area contributed by atoms with Gasteiger partial charge in [0.05, 0.1) is 7.11 Å². The van der Waals surface area contributed by atoms with Crippen molar-refractivity contribution in [1.29, 1.82) is 0 Å². The molecule has 0 fully saturated rings. The summed E-state index contributed by atoms with van der Waals surface area (Å²) in [6, 6.07) is 9.77. The van der Waals surface area contributed by atoms with Gasteiger partial charge in [0.2, 0.25) is 0 Å². The van der Waals surface area contributed by atoms with Crippen molar-refractivity contribution in [3.05, 3.63) is 51.2 Å². The number of hydrogen-bond donors (Lipinski definition) is 2. The highest BCUT2D eigenvalue weighted by Crippen LogP contribution is 2.21. The number of methoxy groups -OCH3 is 1. The van der Waals surface area contributed by atoms with Crippen LogP contribution in [0.2, 0.25) is 0 Å². The van der Waals surface area contributed by atoms with Crippen LogP contribution in [0.15, 0.2) is 30.3 Å². The molecule has 2 rings (SSSR count). The molecule has 112 valence electrons. The topological polar surface area (TPSA) is 58.6 Å². The van der Waals surface area contributed by atoms with Crippen LogP contribution < -0.4 is 10.1 Å². The molecule has 0 saturated carbocycles. The van der Waals surface area contributed by atoms with Gasteiger partial charge in [-0.1, -0.05) is 12.1 Å². The number of ether oxygens (including phenoxy) is 1. The van der Waals surface area contributed by atoms with Crippen molar-refractivity contribution in [1.82, 2.24) is 5.32 Å². The lowest BCUT2D eigenvalue weighted by molar-refractivity contribution is 0.0702. The minimum Gasteiger partial charge on any atom is -0.497 e. The first-order chi connectivity index (χ1) is 10.1. The molecule has 1 aromatic carbocycles. The van der Waals surface area contributed by atoms with E-state index in [1.165, 1.54) is 16.9 Å². The molecule has 0 radical (unpaired) electrons. The van der Waals surface area contributed by atoms with Crippen LogP contribution in [0.5, 0.6) is 5.75 Å². The highest BCUT2D eigenvalue weighted by atomic mass is 32.1. The number of nitrogens with one attached hydrogen (secondary N) is 1. The van der Waals surface area contributed by atoms with E-state index in [0.29, 0.717) is 11.4 Å². The molecule has 0 aliphatic carbocycles. The van der Waals surface area contributed by atoms with Crippen molar-refractivity contribution >= 4 is 17.3 Å². The fourth-order valence-electron chi connectivity index (χ4n) is 2.05. The number of aromatic carboxylic acids is 1. The smallest absolute Gasteiger partial charge is 0.345 e. The summed E-state index contributed by atoms with van der Waals surface area (Å²) in [6.07, 6.45) is 0.930. The van der Waals surface area contributed by atoms with Crippen molar-refractivity contribution in [3.63, 3.8) is 0 Å². The Bertz CT molecular complexity index is 604. The normalized spacial score (nSPS) is 10.6. The third-order valence-corrected chi connectivity index (χ3v) is 4.38. The van der Waals surface area contributed by atoms with Gasteiger partial charge in [0.15, 0.2) is 0 Å². The van der Waals surface area contributed by atoms with Gasteiger partial charge in [0.25, 0.3) is 0 Å². The van der Waals surface area contributed by atoms with Gasteiger partial charge in [-0.2, -0.15) is 0 Å². The number of thiophene rings is 1. The van der Waals surface area contributed by atoms with Crippen LogP contribution in [0.3, 0.4) is 0 Å².